The van der Waals surface area contributed by atoms with E-state index >= 15 is 0 Å². The van der Waals surface area contributed by atoms with Gasteiger partial charge in [0.15, 0.2) is 0 Å². The minimum absolute atomic E-state index is 0.0675. The van der Waals surface area contributed by atoms with Crippen LogP contribution in [0.25, 0.3) is 0 Å². The number of likely N-dealkylation sites (tertiary alicyclic amines) is 1. The fourth-order valence-corrected chi connectivity index (χ4v) is 11.3. The SMILES string of the molecule is CC[C@H](C)[C@@H]([C@@H](CC(=O)N1CCC[C@H]1[C@H](OC)[C@@H](C)C(=O)N[C@H](CO)Cc1ccccc1)OC)N(C)C(=O)[C@@H](NC(=O)[C@H](CO)NC(=O)OCc1ccc(NC(=O)[C@H](CCCNC(N)=O)NC(=O)[C@@H](NC(=O)CCCCCN2C(=O)C=CC2=O)C(C)C)cc1)C(C)C. The van der Waals surface area contributed by atoms with Crippen molar-refractivity contribution in [3.63, 3.8) is 0 Å². The van der Waals surface area contributed by atoms with E-state index in [1.54, 1.807) is 58.7 Å². The van der Waals surface area contributed by atoms with Crippen LogP contribution >= 0.6 is 0 Å². The summed E-state index contributed by atoms with van der Waals surface area (Å²) in [6, 6.07) is 8.38. The molecule has 2 aliphatic heterocycles. The van der Waals surface area contributed by atoms with Crippen LogP contribution in [0.1, 0.15) is 124 Å². The second-order valence-corrected chi connectivity index (χ2v) is 24.3. The highest BCUT2D eigenvalue weighted by Crippen LogP contribution is 2.30. The molecule has 12 amide bonds. The van der Waals surface area contributed by atoms with Crippen LogP contribution in [0.5, 0.6) is 0 Å². The van der Waals surface area contributed by atoms with Crippen molar-refractivity contribution in [2.75, 3.05) is 59.4 Å². The summed E-state index contributed by atoms with van der Waals surface area (Å²) in [6.45, 7) is 11.8. The molecule has 27 nitrogen and oxygen atoms in total. The lowest BCUT2D eigenvalue weighted by Gasteiger charge is -2.41. The van der Waals surface area contributed by atoms with Crippen molar-refractivity contribution >= 4 is 71.0 Å². The molecular weight excluding hydrogens is 1190 g/mol. The number of amides is 12. The summed E-state index contributed by atoms with van der Waals surface area (Å²) >= 11 is 0. The Morgan fingerprint density at radius 1 is 0.717 bits per heavy atom. The maximum atomic E-state index is 14.6. The number of rotatable bonds is 39. The first-order valence-corrected chi connectivity index (χ1v) is 31.8. The number of urea groups is 1. The van der Waals surface area contributed by atoms with Crippen LogP contribution in [-0.2, 0) is 70.4 Å². The van der Waals surface area contributed by atoms with Crippen molar-refractivity contribution in [1.82, 2.24) is 46.6 Å². The number of likely N-dealkylation sites (N-methyl/N-ethyl adjacent to an activating group) is 1. The summed E-state index contributed by atoms with van der Waals surface area (Å²) in [5, 5.41) is 39.1. The molecule has 2 heterocycles. The minimum Gasteiger partial charge on any atom is -0.445 e. The van der Waals surface area contributed by atoms with Crippen LogP contribution in [-0.4, -0.2) is 199 Å². The summed E-state index contributed by atoms with van der Waals surface area (Å²) in [5.41, 5.74) is 6.93. The monoisotopic (exact) mass is 1290 g/mol. The lowest BCUT2D eigenvalue weighted by molar-refractivity contribution is -0.147. The molecule has 11 N–H and O–H groups in total. The third-order valence-electron chi connectivity index (χ3n) is 16.8. The van der Waals surface area contributed by atoms with Gasteiger partial charge in [-0.1, -0.05) is 104 Å². The lowest BCUT2D eigenvalue weighted by Crippen LogP contribution is -2.60. The normalized spacial score (nSPS) is 17.1. The second-order valence-electron chi connectivity index (χ2n) is 24.3. The first-order chi connectivity index (χ1) is 43.8. The Hall–Kier alpha value is -8.01. The molecule has 0 spiro atoms. The van der Waals surface area contributed by atoms with Gasteiger partial charge in [0.05, 0.1) is 55.9 Å². The zero-order valence-electron chi connectivity index (χ0n) is 54.9. The Morgan fingerprint density at radius 3 is 1.97 bits per heavy atom. The number of aliphatic hydroxyl groups excluding tert-OH is 2. The van der Waals surface area contributed by atoms with E-state index in [-0.39, 0.29) is 87.5 Å². The Bertz CT molecular complexity index is 2790. The number of alkyl carbamates (subject to hydrolysis) is 1. The van der Waals surface area contributed by atoms with E-state index in [9.17, 15) is 63.0 Å². The molecule has 1 fully saturated rings. The average Bonchev–Trinajstić information content (AvgIpc) is 1.44. The minimum atomic E-state index is -1.55. The average molecular weight is 1290 g/mol. The number of anilines is 1. The number of hydrogen-bond donors (Lipinski definition) is 10. The molecule has 2 aromatic rings. The third-order valence-corrected chi connectivity index (χ3v) is 16.8. The van der Waals surface area contributed by atoms with E-state index < -0.39 is 115 Å². The number of ether oxygens (including phenoxy) is 3. The van der Waals surface area contributed by atoms with Crippen molar-refractivity contribution in [2.24, 2.45) is 29.4 Å². The summed E-state index contributed by atoms with van der Waals surface area (Å²) < 4.78 is 17.4. The van der Waals surface area contributed by atoms with Gasteiger partial charge in [0.1, 0.15) is 30.8 Å². The molecule has 11 atom stereocenters. The zero-order valence-corrected chi connectivity index (χ0v) is 54.9. The number of nitrogens with zero attached hydrogens (tertiary/aromatic N) is 3. The molecule has 2 aromatic carbocycles. The number of carbonyl (C=O) groups is 11. The first-order valence-electron chi connectivity index (χ1n) is 31.8. The van der Waals surface area contributed by atoms with Gasteiger partial charge in [-0.2, -0.15) is 0 Å². The van der Waals surface area contributed by atoms with E-state index in [2.05, 4.69) is 37.2 Å². The molecule has 92 heavy (non-hydrogen) atoms. The van der Waals surface area contributed by atoms with Crippen molar-refractivity contribution in [2.45, 2.75) is 180 Å². The van der Waals surface area contributed by atoms with Crippen molar-refractivity contribution in [1.29, 1.82) is 0 Å². The highest BCUT2D eigenvalue weighted by Gasteiger charge is 2.43. The maximum Gasteiger partial charge on any atom is 0.408 e. The summed E-state index contributed by atoms with van der Waals surface area (Å²) in [4.78, 5) is 149. The molecule has 0 bridgehead atoms. The van der Waals surface area contributed by atoms with Crippen LogP contribution in [0.4, 0.5) is 15.3 Å². The molecule has 1 saturated heterocycles. The predicted octanol–water partition coefficient (Wildman–Crippen LogP) is 2.55. The highest BCUT2D eigenvalue weighted by molar-refractivity contribution is 6.12. The maximum absolute atomic E-state index is 14.6. The molecule has 0 aliphatic carbocycles. The van der Waals surface area contributed by atoms with Gasteiger partial charge in [-0.3, -0.25) is 48.1 Å². The number of unbranched alkanes of at least 4 members (excludes halogenated alkanes) is 2. The first kappa shape index (κ1) is 76.4. The number of nitrogens with two attached hydrogens (primary N) is 1. The largest absolute Gasteiger partial charge is 0.445 e. The van der Waals surface area contributed by atoms with E-state index in [1.807, 2.05) is 44.2 Å². The van der Waals surface area contributed by atoms with Gasteiger partial charge in [-0.15, -0.1) is 0 Å². The van der Waals surface area contributed by atoms with Crippen LogP contribution in [0.2, 0.25) is 0 Å². The molecule has 0 saturated carbocycles. The van der Waals surface area contributed by atoms with Crippen molar-refractivity contribution in [3.05, 3.63) is 77.9 Å². The third kappa shape index (κ3) is 23.6. The van der Waals surface area contributed by atoms with Crippen LogP contribution < -0.4 is 43.0 Å². The van der Waals surface area contributed by atoms with Crippen molar-refractivity contribution in [3.8, 4) is 0 Å². The molecule has 2 aliphatic rings. The number of primary amides is 1. The standard InChI is InChI=1S/C65H99N11O16/c1-11-41(6)57(50(90-9)35-54(82)75-33-19-23-49(75)58(91-10)42(7)59(83)69-46(36-77)34-43-20-14-12-15-21-43)74(8)63(87)56(40(4)5)73-61(85)48(37-78)71-65(89)92-38-44-25-27-45(28-26-44)68-60(84)47(22-18-31-67-64(66)88)70-62(86)55(39(2)3)72-51(79)24-16-13-17-32-76-52(80)29-30-53(76)81/h12,14-15,20-21,25-30,39-42,46-50,55-58,77-78H,11,13,16-19,22-24,31-38H2,1-10H3,(H,68,84)(H,69,83)(H,70,86)(H,71,89)(H,72,79)(H,73,85)(H3,66,67,88)/t41-,42+,46-,47-,48-,49-,50+,55-,56-,57-,58+/m0/s1. The van der Waals surface area contributed by atoms with Gasteiger partial charge in [0.25, 0.3) is 11.8 Å². The zero-order chi connectivity index (χ0) is 68.2. The summed E-state index contributed by atoms with van der Waals surface area (Å²) in [7, 11) is 4.55. The molecule has 0 unspecified atom stereocenters. The van der Waals surface area contributed by atoms with Crippen LogP contribution in [0.15, 0.2) is 66.7 Å². The molecule has 0 aromatic heterocycles. The van der Waals surface area contributed by atoms with E-state index in [0.29, 0.717) is 62.7 Å². The summed E-state index contributed by atoms with van der Waals surface area (Å²) in [5.74, 6) is -6.13. The Labute approximate surface area is 539 Å². The quantitative estimate of drug-likeness (QED) is 0.0340. The van der Waals surface area contributed by atoms with E-state index in [1.165, 1.54) is 43.4 Å². The molecule has 510 valence electrons. The van der Waals surface area contributed by atoms with Gasteiger partial charge in [-0.05, 0) is 86.0 Å². The van der Waals surface area contributed by atoms with Crippen LogP contribution in [0, 0.1) is 23.7 Å². The molecule has 0 radical (unpaired) electrons. The second kappa shape index (κ2) is 38.7. The number of benzene rings is 2. The number of methoxy groups -OCH3 is 2. The molecular formula is C65H99N11O16. The van der Waals surface area contributed by atoms with Gasteiger partial charge in [-0.25, -0.2) is 9.59 Å². The van der Waals surface area contributed by atoms with Gasteiger partial charge in [0.2, 0.25) is 41.4 Å². The van der Waals surface area contributed by atoms with E-state index in [4.69, 9.17) is 19.9 Å². The van der Waals surface area contributed by atoms with E-state index in [0.717, 1.165) is 10.5 Å². The Kier molecular flexibility index (Phi) is 32.2. The number of imide groups is 1. The molecule has 4 rings (SSSR count). The fraction of sp³-hybridized carbons (Fsp3) is 0.615. The van der Waals surface area contributed by atoms with Crippen molar-refractivity contribution < 1.29 is 77.2 Å². The van der Waals surface area contributed by atoms with Gasteiger partial charge < -0.3 is 77.2 Å². The predicted molar refractivity (Wildman–Crippen MR) is 341 cm³/mol. The smallest absolute Gasteiger partial charge is 0.408 e. The number of nitrogens with one attached hydrogen (secondary N) is 7. The summed E-state index contributed by atoms with van der Waals surface area (Å²) in [6.07, 6.45) is 3.87. The number of carbonyl (C=O) groups excluding carboxylic acids is 11. The topological polar surface area (TPSA) is 376 Å². The Morgan fingerprint density at radius 2 is 1.38 bits per heavy atom. The fourth-order valence-electron chi connectivity index (χ4n) is 11.3. The number of aliphatic hydroxyl groups is 2. The number of hydrogen-bond acceptors (Lipinski definition) is 16. The van der Waals surface area contributed by atoms with Gasteiger partial charge in [0, 0.05) is 65.2 Å². The van der Waals surface area contributed by atoms with Gasteiger partial charge >= 0.3 is 12.1 Å². The Balaban J connectivity index is 1.33. The highest BCUT2D eigenvalue weighted by atomic mass is 16.5. The van der Waals surface area contributed by atoms with Crippen LogP contribution in [0.3, 0.4) is 0 Å². The lowest BCUT2D eigenvalue weighted by atomic mass is 9.89. The molecule has 27 heteroatoms.